The lowest BCUT2D eigenvalue weighted by atomic mass is 9.79. The zero-order valence-corrected chi connectivity index (χ0v) is 9.93. The predicted octanol–water partition coefficient (Wildman–Crippen LogP) is 1.43. The summed E-state index contributed by atoms with van der Waals surface area (Å²) in [6.45, 7) is 1.02. The standard InChI is InChI=1S/C13H22N2O/c1-2-3-10-15-12(16)13(11-14)8-6-4-5-7-9-13/h1H,3-11,14H2,(H,15,16). The Bertz CT molecular complexity index is 260. The average Bonchev–Trinajstić information content (AvgIpc) is 2.55. The molecule has 0 aliphatic heterocycles. The van der Waals surface area contributed by atoms with Crippen molar-refractivity contribution in [2.45, 2.75) is 44.9 Å². The molecule has 0 saturated heterocycles. The molecule has 0 aromatic carbocycles. The van der Waals surface area contributed by atoms with Gasteiger partial charge in [-0.25, -0.2) is 0 Å². The van der Waals surface area contributed by atoms with Gasteiger partial charge in [-0.1, -0.05) is 25.7 Å². The summed E-state index contributed by atoms with van der Waals surface area (Å²) in [7, 11) is 0. The van der Waals surface area contributed by atoms with Gasteiger partial charge in [0.15, 0.2) is 0 Å². The smallest absolute Gasteiger partial charge is 0.227 e. The van der Waals surface area contributed by atoms with Crippen LogP contribution >= 0.6 is 0 Å². The van der Waals surface area contributed by atoms with Gasteiger partial charge in [-0.2, -0.15) is 0 Å². The average molecular weight is 222 g/mol. The Labute approximate surface area is 98.2 Å². The molecular formula is C13H22N2O. The van der Waals surface area contributed by atoms with E-state index in [1.165, 1.54) is 12.8 Å². The highest BCUT2D eigenvalue weighted by molar-refractivity contribution is 5.82. The summed E-state index contributed by atoms with van der Waals surface area (Å²) in [5.41, 5.74) is 5.48. The van der Waals surface area contributed by atoms with E-state index < -0.39 is 0 Å². The van der Waals surface area contributed by atoms with Crippen LogP contribution in [0.25, 0.3) is 0 Å². The van der Waals surface area contributed by atoms with Gasteiger partial charge in [0.25, 0.3) is 0 Å². The first-order chi connectivity index (χ1) is 7.75. The number of terminal acetylenes is 1. The second kappa shape index (κ2) is 6.55. The van der Waals surface area contributed by atoms with Gasteiger partial charge in [-0.3, -0.25) is 4.79 Å². The van der Waals surface area contributed by atoms with Crippen LogP contribution in [0.2, 0.25) is 0 Å². The molecular weight excluding hydrogens is 200 g/mol. The maximum atomic E-state index is 12.1. The molecule has 3 heteroatoms. The van der Waals surface area contributed by atoms with Crippen LogP contribution in [0.3, 0.4) is 0 Å². The zero-order chi connectivity index (χ0) is 11.9. The second-order valence-corrected chi connectivity index (χ2v) is 4.61. The van der Waals surface area contributed by atoms with Crippen molar-refractivity contribution in [2.24, 2.45) is 11.1 Å². The third-order valence-electron chi connectivity index (χ3n) is 3.49. The fourth-order valence-electron chi connectivity index (χ4n) is 2.36. The van der Waals surface area contributed by atoms with Crippen molar-refractivity contribution in [3.63, 3.8) is 0 Å². The predicted molar refractivity (Wildman–Crippen MR) is 65.6 cm³/mol. The number of nitrogens with two attached hydrogens (primary N) is 1. The van der Waals surface area contributed by atoms with Gasteiger partial charge >= 0.3 is 0 Å². The van der Waals surface area contributed by atoms with E-state index in [9.17, 15) is 4.79 Å². The zero-order valence-electron chi connectivity index (χ0n) is 9.93. The number of rotatable bonds is 4. The van der Waals surface area contributed by atoms with Crippen molar-refractivity contribution >= 4 is 5.91 Å². The fourth-order valence-corrected chi connectivity index (χ4v) is 2.36. The molecule has 0 bridgehead atoms. The molecule has 16 heavy (non-hydrogen) atoms. The molecule has 0 atom stereocenters. The quantitative estimate of drug-likeness (QED) is 0.429. The van der Waals surface area contributed by atoms with Gasteiger partial charge in [-0.15, -0.1) is 12.3 Å². The molecule has 0 heterocycles. The summed E-state index contributed by atoms with van der Waals surface area (Å²) in [5, 5.41) is 2.91. The van der Waals surface area contributed by atoms with Crippen molar-refractivity contribution in [3.05, 3.63) is 0 Å². The van der Waals surface area contributed by atoms with E-state index in [4.69, 9.17) is 12.2 Å². The molecule has 90 valence electrons. The summed E-state index contributed by atoms with van der Waals surface area (Å²) in [6.07, 6.45) is 12.3. The van der Waals surface area contributed by atoms with E-state index in [1.807, 2.05) is 0 Å². The molecule has 0 aromatic heterocycles. The summed E-state index contributed by atoms with van der Waals surface area (Å²) in [4.78, 5) is 12.1. The second-order valence-electron chi connectivity index (χ2n) is 4.61. The van der Waals surface area contributed by atoms with Crippen molar-refractivity contribution in [1.82, 2.24) is 5.32 Å². The van der Waals surface area contributed by atoms with E-state index in [1.54, 1.807) is 0 Å². The highest BCUT2D eigenvalue weighted by atomic mass is 16.2. The van der Waals surface area contributed by atoms with Crippen LogP contribution < -0.4 is 11.1 Å². The van der Waals surface area contributed by atoms with Crippen LogP contribution in [0.5, 0.6) is 0 Å². The molecule has 1 rings (SSSR count). The van der Waals surface area contributed by atoms with Crippen LogP contribution in [0, 0.1) is 17.8 Å². The van der Waals surface area contributed by atoms with E-state index in [-0.39, 0.29) is 11.3 Å². The van der Waals surface area contributed by atoms with Crippen molar-refractivity contribution in [1.29, 1.82) is 0 Å². The van der Waals surface area contributed by atoms with Gasteiger partial charge in [0.2, 0.25) is 5.91 Å². The number of hydrogen-bond acceptors (Lipinski definition) is 2. The Morgan fingerprint density at radius 3 is 2.44 bits per heavy atom. The van der Waals surface area contributed by atoms with Crippen LogP contribution in [-0.2, 0) is 4.79 Å². The van der Waals surface area contributed by atoms with E-state index >= 15 is 0 Å². The SMILES string of the molecule is C#CCCNC(=O)C1(CN)CCCCCC1. The first-order valence-corrected chi connectivity index (χ1v) is 6.17. The third kappa shape index (κ3) is 3.24. The first kappa shape index (κ1) is 13.1. The minimum absolute atomic E-state index is 0.104. The largest absolute Gasteiger partial charge is 0.355 e. The fraction of sp³-hybridized carbons (Fsp3) is 0.769. The van der Waals surface area contributed by atoms with Crippen LogP contribution in [0.15, 0.2) is 0 Å². The van der Waals surface area contributed by atoms with E-state index in [0.29, 0.717) is 19.5 Å². The molecule has 1 fully saturated rings. The molecule has 1 amide bonds. The highest BCUT2D eigenvalue weighted by Gasteiger charge is 2.36. The normalized spacial score (nSPS) is 19.5. The van der Waals surface area contributed by atoms with E-state index in [2.05, 4.69) is 11.2 Å². The monoisotopic (exact) mass is 222 g/mol. The topological polar surface area (TPSA) is 55.1 Å². The van der Waals surface area contributed by atoms with E-state index in [0.717, 1.165) is 25.7 Å². The van der Waals surface area contributed by atoms with Crippen molar-refractivity contribution in [3.8, 4) is 12.3 Å². The van der Waals surface area contributed by atoms with Crippen molar-refractivity contribution < 1.29 is 4.79 Å². The summed E-state index contributed by atoms with van der Waals surface area (Å²) < 4.78 is 0. The molecule has 0 aromatic rings. The molecule has 0 unspecified atom stereocenters. The molecule has 3 N–H and O–H groups in total. The highest BCUT2D eigenvalue weighted by Crippen LogP contribution is 2.34. The number of hydrogen-bond donors (Lipinski definition) is 2. The molecule has 3 nitrogen and oxygen atoms in total. The lowest BCUT2D eigenvalue weighted by Crippen LogP contribution is -2.46. The maximum absolute atomic E-state index is 12.1. The Balaban J connectivity index is 2.55. The lowest BCUT2D eigenvalue weighted by molar-refractivity contribution is -0.131. The summed E-state index contributed by atoms with van der Waals surface area (Å²) >= 11 is 0. The van der Waals surface area contributed by atoms with Crippen LogP contribution in [0.4, 0.5) is 0 Å². The molecule has 0 radical (unpaired) electrons. The molecule has 1 aliphatic carbocycles. The third-order valence-corrected chi connectivity index (χ3v) is 3.49. The Morgan fingerprint density at radius 1 is 1.31 bits per heavy atom. The number of carbonyl (C=O) groups is 1. The number of carbonyl (C=O) groups excluding carboxylic acids is 1. The first-order valence-electron chi connectivity index (χ1n) is 6.17. The minimum atomic E-state index is -0.328. The van der Waals surface area contributed by atoms with Crippen molar-refractivity contribution in [2.75, 3.05) is 13.1 Å². The Hall–Kier alpha value is -1.01. The number of nitrogens with one attached hydrogen (secondary N) is 1. The van der Waals surface area contributed by atoms with Gasteiger partial charge in [-0.05, 0) is 12.8 Å². The van der Waals surface area contributed by atoms with Crippen LogP contribution in [0.1, 0.15) is 44.9 Å². The molecule has 1 saturated carbocycles. The Morgan fingerprint density at radius 2 is 1.94 bits per heavy atom. The van der Waals surface area contributed by atoms with Gasteiger partial charge in [0.05, 0.1) is 5.41 Å². The summed E-state index contributed by atoms with van der Waals surface area (Å²) in [6, 6.07) is 0. The van der Waals surface area contributed by atoms with Crippen LogP contribution in [-0.4, -0.2) is 19.0 Å². The Kier molecular flexibility index (Phi) is 5.34. The van der Waals surface area contributed by atoms with Gasteiger partial charge < -0.3 is 11.1 Å². The molecule has 0 spiro atoms. The lowest BCUT2D eigenvalue weighted by Gasteiger charge is -2.29. The molecule has 1 aliphatic rings. The van der Waals surface area contributed by atoms with Gasteiger partial charge in [0.1, 0.15) is 0 Å². The number of amides is 1. The van der Waals surface area contributed by atoms with Gasteiger partial charge in [0, 0.05) is 19.5 Å². The maximum Gasteiger partial charge on any atom is 0.227 e. The summed E-state index contributed by atoms with van der Waals surface area (Å²) in [5.74, 6) is 2.63. The minimum Gasteiger partial charge on any atom is -0.355 e.